The van der Waals surface area contributed by atoms with E-state index >= 15 is 0 Å². The van der Waals surface area contributed by atoms with Crippen molar-refractivity contribution < 1.29 is 62.3 Å². The molecule has 0 bridgehead atoms. The van der Waals surface area contributed by atoms with Crippen LogP contribution in [0.5, 0.6) is 0 Å². The van der Waals surface area contributed by atoms with Gasteiger partial charge in [-0.05, 0) is 72.3 Å². The van der Waals surface area contributed by atoms with E-state index in [1.807, 2.05) is 20.1 Å². The predicted molar refractivity (Wildman–Crippen MR) is 224 cm³/mol. The van der Waals surface area contributed by atoms with Crippen LogP contribution in [-0.4, -0.2) is 149 Å². The van der Waals surface area contributed by atoms with Crippen LogP contribution >= 0.6 is 0 Å². The van der Waals surface area contributed by atoms with Gasteiger partial charge >= 0.3 is 0 Å². The van der Waals surface area contributed by atoms with Crippen LogP contribution in [0.3, 0.4) is 0 Å². The van der Waals surface area contributed by atoms with Gasteiger partial charge in [0.2, 0.25) is 0 Å². The molecule has 9 fully saturated rings. The molecule has 9 saturated heterocycles. The lowest BCUT2D eigenvalue weighted by Gasteiger charge is -2.61. The van der Waals surface area contributed by atoms with Crippen molar-refractivity contribution in [1.82, 2.24) is 0 Å². The van der Waals surface area contributed by atoms with Gasteiger partial charge in [-0.2, -0.15) is 0 Å². The molecule has 62 heavy (non-hydrogen) atoms. The summed E-state index contributed by atoms with van der Waals surface area (Å²) in [5.41, 5.74) is -3.03. The molecule has 0 spiro atoms. The molecular weight excluding hydrogens is 797 g/mol. The maximum absolute atomic E-state index is 11.4. The van der Waals surface area contributed by atoms with Crippen molar-refractivity contribution in [1.29, 1.82) is 0 Å². The van der Waals surface area contributed by atoms with Crippen LogP contribution in [0.1, 0.15) is 126 Å². The zero-order valence-corrected chi connectivity index (χ0v) is 38.2. The van der Waals surface area contributed by atoms with Gasteiger partial charge in [-0.3, -0.25) is 0 Å². The van der Waals surface area contributed by atoms with E-state index in [-0.39, 0.29) is 122 Å². The van der Waals surface area contributed by atoms with Gasteiger partial charge in [0.25, 0.3) is 0 Å². The lowest BCUT2D eigenvalue weighted by molar-refractivity contribution is -0.357. The normalized spacial score (nSPS) is 60.1. The molecular formula is C49H74O13. The number of hydrogen-bond donors (Lipinski definition) is 2. The highest BCUT2D eigenvalue weighted by Gasteiger charge is 2.64. The Balaban J connectivity index is 0.782. The third-order valence-corrected chi connectivity index (χ3v) is 18.1. The van der Waals surface area contributed by atoms with E-state index in [2.05, 4.69) is 59.8 Å². The fraction of sp³-hybridized carbons (Fsp3) is 0.918. The van der Waals surface area contributed by atoms with Gasteiger partial charge in [0.05, 0.1) is 114 Å². The third-order valence-electron chi connectivity index (χ3n) is 18.1. The van der Waals surface area contributed by atoms with Crippen molar-refractivity contribution in [2.75, 3.05) is 6.61 Å². The maximum Gasteiger partial charge on any atom is 0.127 e. The third kappa shape index (κ3) is 7.06. The summed E-state index contributed by atoms with van der Waals surface area (Å²) >= 11 is 0. The fourth-order valence-corrected chi connectivity index (χ4v) is 14.0. The van der Waals surface area contributed by atoms with E-state index in [1.165, 1.54) is 0 Å². The summed E-state index contributed by atoms with van der Waals surface area (Å²) in [5, 5.41) is 21.2. The second-order valence-corrected chi connectivity index (χ2v) is 22.8. The Morgan fingerprint density at radius 2 is 1.39 bits per heavy atom. The smallest absolute Gasteiger partial charge is 0.127 e. The van der Waals surface area contributed by atoms with Crippen molar-refractivity contribution in [3.8, 4) is 0 Å². The van der Waals surface area contributed by atoms with Crippen molar-refractivity contribution in [2.24, 2.45) is 17.8 Å². The molecule has 13 heteroatoms. The van der Waals surface area contributed by atoms with E-state index in [9.17, 15) is 10.2 Å². The molecule has 0 aromatic carbocycles. The van der Waals surface area contributed by atoms with Crippen molar-refractivity contribution in [2.45, 2.75) is 258 Å². The van der Waals surface area contributed by atoms with E-state index in [1.54, 1.807) is 0 Å². The zero-order valence-electron chi connectivity index (χ0n) is 38.2. The molecule has 11 rings (SSSR count). The zero-order chi connectivity index (χ0) is 43.1. The average molecular weight is 871 g/mol. The molecule has 348 valence electrons. The second kappa shape index (κ2) is 15.4. The first-order valence-corrected chi connectivity index (χ1v) is 24.4. The van der Waals surface area contributed by atoms with E-state index < -0.39 is 34.1 Å². The minimum absolute atomic E-state index is 0.0106. The minimum Gasteiger partial charge on any atom is -0.496 e. The molecule has 2 N–H and O–H groups in total. The largest absolute Gasteiger partial charge is 0.496 e. The number of fused-ring (bicyclic) bond motifs is 10. The van der Waals surface area contributed by atoms with E-state index in [4.69, 9.17) is 52.1 Å². The number of hydrogen-bond acceptors (Lipinski definition) is 13. The monoisotopic (exact) mass is 871 g/mol. The molecule has 11 heterocycles. The molecule has 0 amide bonds. The Hall–Kier alpha value is -1.20. The Morgan fingerprint density at radius 3 is 2.21 bits per heavy atom. The fourth-order valence-electron chi connectivity index (χ4n) is 14.0. The van der Waals surface area contributed by atoms with Crippen LogP contribution in [0.2, 0.25) is 0 Å². The summed E-state index contributed by atoms with van der Waals surface area (Å²) in [5.74, 6) is 0.442. The molecule has 0 radical (unpaired) electrons. The van der Waals surface area contributed by atoms with Gasteiger partial charge in [0.15, 0.2) is 0 Å². The quantitative estimate of drug-likeness (QED) is 0.332. The van der Waals surface area contributed by atoms with Crippen LogP contribution in [0.25, 0.3) is 0 Å². The number of aliphatic hydroxyl groups excluding tert-OH is 2. The summed E-state index contributed by atoms with van der Waals surface area (Å²) in [6, 6.07) is 0. The van der Waals surface area contributed by atoms with Crippen LogP contribution < -0.4 is 0 Å². The van der Waals surface area contributed by atoms with Crippen molar-refractivity contribution in [3.05, 3.63) is 24.5 Å². The van der Waals surface area contributed by atoms with Crippen molar-refractivity contribution in [3.63, 3.8) is 0 Å². The summed E-state index contributed by atoms with van der Waals surface area (Å²) in [6.45, 7) is 17.3. The molecule has 0 aromatic rings. The number of rotatable bonds is 2. The molecule has 11 aliphatic heterocycles. The van der Waals surface area contributed by atoms with Gasteiger partial charge in [-0.15, -0.1) is 0 Å². The molecule has 11 aliphatic rings. The lowest BCUT2D eigenvalue weighted by Crippen LogP contribution is -2.70. The second-order valence-electron chi connectivity index (χ2n) is 22.8. The molecule has 13 nitrogen and oxygen atoms in total. The number of aliphatic hydroxyl groups is 2. The highest BCUT2D eigenvalue weighted by Crippen LogP contribution is 2.55. The Labute approximate surface area is 368 Å². The summed E-state index contributed by atoms with van der Waals surface area (Å²) in [6.07, 6.45) is 13.1. The van der Waals surface area contributed by atoms with Gasteiger partial charge in [-0.1, -0.05) is 32.9 Å². The van der Waals surface area contributed by atoms with Gasteiger partial charge in [0.1, 0.15) is 23.9 Å². The Bertz CT molecular complexity index is 1750. The first-order chi connectivity index (χ1) is 29.5. The maximum atomic E-state index is 11.4. The molecule has 25 unspecified atom stereocenters. The topological polar surface area (TPSA) is 142 Å². The number of ether oxygens (including phenoxy) is 11. The van der Waals surface area contributed by atoms with E-state index in [0.29, 0.717) is 32.1 Å². The van der Waals surface area contributed by atoms with Crippen LogP contribution in [-0.2, 0) is 52.1 Å². The van der Waals surface area contributed by atoms with Gasteiger partial charge in [-0.25, -0.2) is 0 Å². The first kappa shape index (κ1) is 43.4. The highest BCUT2D eigenvalue weighted by atomic mass is 16.6. The molecule has 0 aliphatic carbocycles. The predicted octanol–water partition coefficient (Wildman–Crippen LogP) is 5.63. The average Bonchev–Trinajstić information content (AvgIpc) is 3.42. The first-order valence-electron chi connectivity index (χ1n) is 24.4. The van der Waals surface area contributed by atoms with E-state index in [0.717, 1.165) is 38.5 Å². The van der Waals surface area contributed by atoms with Crippen LogP contribution in [0.15, 0.2) is 24.5 Å². The summed E-state index contributed by atoms with van der Waals surface area (Å²) in [7, 11) is 0. The highest BCUT2D eigenvalue weighted by molar-refractivity contribution is 5.15. The standard InChI is InChI=1S/C49H74O13/c1-25-12-15-52-35-20-38-47(6,61-44(25)35)22-36-31(56-38)16-26(2)43-29(54-36)11-14-46(5)39(58-43)21-40-48(7,62-46)23-42-45(4,60-40)13-9-10-28-32(57-42)17-34-33(53-28)19-41-49(8,59-34)37(51)18-30(55-41)27(3)24-50/h9-10,12,15,25-44,50-51H,11,13-14,16-24H2,1-8H3/b10-9-. The summed E-state index contributed by atoms with van der Waals surface area (Å²) in [4.78, 5) is 0. The Morgan fingerprint density at radius 1 is 0.613 bits per heavy atom. The van der Waals surface area contributed by atoms with Gasteiger partial charge < -0.3 is 62.3 Å². The van der Waals surface area contributed by atoms with Crippen LogP contribution in [0.4, 0.5) is 0 Å². The van der Waals surface area contributed by atoms with Gasteiger partial charge in [0, 0.05) is 63.4 Å². The minimum atomic E-state index is -0.867. The summed E-state index contributed by atoms with van der Waals surface area (Å²) < 4.78 is 76.3. The lowest BCUT2D eigenvalue weighted by atomic mass is 9.72. The SMILES string of the molecule is CC1C=COC2CC3OC4CC(C)C5OC6CC7OC8(C)C/C=C\C9OC%10CC%11OC(C(C)CO)CC(O)C%11(C)OC%10CC9OC8CC7(C)OC6(C)CCC5OC4CC3(C)OC12. The van der Waals surface area contributed by atoms with Crippen LogP contribution in [0, 0.1) is 17.8 Å². The molecule has 0 saturated carbocycles. The molecule has 0 aromatic heterocycles. The molecule has 25 atom stereocenters. The van der Waals surface area contributed by atoms with Crippen molar-refractivity contribution >= 4 is 0 Å². The Kier molecular flexibility index (Phi) is 10.8.